The Morgan fingerprint density at radius 2 is 1.76 bits per heavy atom. The van der Waals surface area contributed by atoms with E-state index in [0.717, 1.165) is 0 Å². The lowest BCUT2D eigenvalue weighted by Gasteiger charge is -2.30. The van der Waals surface area contributed by atoms with E-state index in [2.05, 4.69) is 5.32 Å². The van der Waals surface area contributed by atoms with E-state index in [-0.39, 0.29) is 6.61 Å². The molecule has 5 nitrogen and oxygen atoms in total. The SMILES string of the molecule is CCOCCOCC(O)CNC(C)(C)C(C)O. The molecule has 0 aromatic rings. The minimum absolute atomic E-state index is 0.274. The summed E-state index contributed by atoms with van der Waals surface area (Å²) in [5, 5.41) is 22.2. The molecule has 3 N–H and O–H groups in total. The average molecular weight is 249 g/mol. The third kappa shape index (κ3) is 8.51. The molecule has 0 saturated carbocycles. The van der Waals surface area contributed by atoms with Crippen LogP contribution in [0, 0.1) is 0 Å². The molecule has 0 saturated heterocycles. The van der Waals surface area contributed by atoms with Gasteiger partial charge in [-0.05, 0) is 27.7 Å². The van der Waals surface area contributed by atoms with Gasteiger partial charge in [0.25, 0.3) is 0 Å². The number of β-amino-alcohol motifs (C(OH)–C–C–N with tert-alkyl or cyclic N) is 1. The van der Waals surface area contributed by atoms with Gasteiger partial charge < -0.3 is 25.0 Å². The van der Waals surface area contributed by atoms with E-state index in [1.54, 1.807) is 6.92 Å². The van der Waals surface area contributed by atoms with Crippen LogP contribution in [0.15, 0.2) is 0 Å². The van der Waals surface area contributed by atoms with Crippen LogP contribution in [0.5, 0.6) is 0 Å². The highest BCUT2D eigenvalue weighted by Gasteiger charge is 2.23. The van der Waals surface area contributed by atoms with Crippen LogP contribution in [0.25, 0.3) is 0 Å². The molecule has 0 radical (unpaired) electrons. The van der Waals surface area contributed by atoms with Crippen molar-refractivity contribution in [1.82, 2.24) is 5.32 Å². The molecule has 0 fully saturated rings. The summed E-state index contributed by atoms with van der Waals surface area (Å²) in [6, 6.07) is 0. The summed E-state index contributed by atoms with van der Waals surface area (Å²) in [7, 11) is 0. The van der Waals surface area contributed by atoms with E-state index in [1.165, 1.54) is 0 Å². The van der Waals surface area contributed by atoms with Gasteiger partial charge in [0.2, 0.25) is 0 Å². The Labute approximate surface area is 104 Å². The lowest BCUT2D eigenvalue weighted by atomic mass is 9.99. The maximum absolute atomic E-state index is 9.64. The van der Waals surface area contributed by atoms with E-state index >= 15 is 0 Å². The molecule has 2 atom stereocenters. The number of hydrogen-bond donors (Lipinski definition) is 3. The molecule has 0 bridgehead atoms. The Kier molecular flexibility index (Phi) is 8.72. The Bertz CT molecular complexity index is 185. The summed E-state index contributed by atoms with van der Waals surface area (Å²) >= 11 is 0. The molecule has 0 aromatic carbocycles. The smallest absolute Gasteiger partial charge is 0.0897 e. The highest BCUT2D eigenvalue weighted by atomic mass is 16.5. The zero-order valence-electron chi connectivity index (χ0n) is 11.4. The fourth-order valence-electron chi connectivity index (χ4n) is 1.07. The lowest BCUT2D eigenvalue weighted by molar-refractivity contribution is 0.000745. The van der Waals surface area contributed by atoms with Crippen LogP contribution in [-0.2, 0) is 9.47 Å². The van der Waals surface area contributed by atoms with Gasteiger partial charge in [0.1, 0.15) is 0 Å². The monoisotopic (exact) mass is 249 g/mol. The highest BCUT2D eigenvalue weighted by molar-refractivity contribution is 4.83. The molecule has 0 heterocycles. The van der Waals surface area contributed by atoms with Gasteiger partial charge in [-0.3, -0.25) is 0 Å². The van der Waals surface area contributed by atoms with Gasteiger partial charge in [-0.25, -0.2) is 0 Å². The van der Waals surface area contributed by atoms with Gasteiger partial charge in [0.15, 0.2) is 0 Å². The first kappa shape index (κ1) is 16.8. The van der Waals surface area contributed by atoms with Crippen LogP contribution >= 0.6 is 0 Å². The Hall–Kier alpha value is -0.200. The summed E-state index contributed by atoms with van der Waals surface area (Å²) in [5.74, 6) is 0. The fourth-order valence-corrected chi connectivity index (χ4v) is 1.07. The average Bonchev–Trinajstić information content (AvgIpc) is 2.26. The molecule has 0 amide bonds. The third-order valence-electron chi connectivity index (χ3n) is 2.72. The second-order valence-corrected chi connectivity index (χ2v) is 4.70. The van der Waals surface area contributed by atoms with Crippen LogP contribution in [0.3, 0.4) is 0 Å². The molecule has 17 heavy (non-hydrogen) atoms. The fraction of sp³-hybridized carbons (Fsp3) is 1.00. The number of hydrogen-bond acceptors (Lipinski definition) is 5. The van der Waals surface area contributed by atoms with Crippen LogP contribution in [-0.4, -0.2) is 60.9 Å². The van der Waals surface area contributed by atoms with Gasteiger partial charge in [0.05, 0.1) is 32.0 Å². The second-order valence-electron chi connectivity index (χ2n) is 4.70. The number of nitrogens with one attached hydrogen (secondary N) is 1. The molecule has 104 valence electrons. The Morgan fingerprint density at radius 3 is 2.29 bits per heavy atom. The second kappa shape index (κ2) is 8.83. The molecule has 0 aliphatic carbocycles. The maximum Gasteiger partial charge on any atom is 0.0897 e. The van der Waals surface area contributed by atoms with Crippen LogP contribution in [0.2, 0.25) is 0 Å². The highest BCUT2D eigenvalue weighted by Crippen LogP contribution is 2.07. The van der Waals surface area contributed by atoms with Gasteiger partial charge in [0, 0.05) is 18.7 Å². The van der Waals surface area contributed by atoms with Crippen molar-refractivity contribution in [2.75, 3.05) is 33.0 Å². The van der Waals surface area contributed by atoms with Crippen molar-refractivity contribution >= 4 is 0 Å². The normalized spacial score (nSPS) is 15.9. The van der Waals surface area contributed by atoms with Crippen molar-refractivity contribution in [3.63, 3.8) is 0 Å². The minimum Gasteiger partial charge on any atom is -0.392 e. The molecule has 0 rings (SSSR count). The molecule has 0 spiro atoms. The van der Waals surface area contributed by atoms with Crippen LogP contribution in [0.4, 0.5) is 0 Å². The first-order chi connectivity index (χ1) is 7.90. The van der Waals surface area contributed by atoms with Gasteiger partial charge in [-0.1, -0.05) is 0 Å². The number of ether oxygens (including phenoxy) is 2. The van der Waals surface area contributed by atoms with Crippen molar-refractivity contribution in [3.8, 4) is 0 Å². The Morgan fingerprint density at radius 1 is 1.18 bits per heavy atom. The van der Waals surface area contributed by atoms with Crippen molar-refractivity contribution in [3.05, 3.63) is 0 Å². The summed E-state index contributed by atoms with van der Waals surface area (Å²) in [4.78, 5) is 0. The van der Waals surface area contributed by atoms with Crippen molar-refractivity contribution < 1.29 is 19.7 Å². The van der Waals surface area contributed by atoms with Gasteiger partial charge >= 0.3 is 0 Å². The molecule has 5 heteroatoms. The number of aliphatic hydroxyl groups excluding tert-OH is 2. The molecule has 0 aromatic heterocycles. The van der Waals surface area contributed by atoms with E-state index in [0.29, 0.717) is 26.4 Å². The van der Waals surface area contributed by atoms with E-state index in [4.69, 9.17) is 9.47 Å². The van der Waals surface area contributed by atoms with E-state index in [9.17, 15) is 10.2 Å². The largest absolute Gasteiger partial charge is 0.392 e. The van der Waals surface area contributed by atoms with Gasteiger partial charge in [-0.2, -0.15) is 0 Å². The van der Waals surface area contributed by atoms with Crippen LogP contribution < -0.4 is 5.32 Å². The molecular weight excluding hydrogens is 222 g/mol. The molecule has 0 aliphatic heterocycles. The zero-order chi connectivity index (χ0) is 13.3. The topological polar surface area (TPSA) is 71.0 Å². The predicted molar refractivity (Wildman–Crippen MR) is 67.1 cm³/mol. The number of rotatable bonds is 10. The minimum atomic E-state index is -0.574. The predicted octanol–water partition coefficient (Wildman–Crippen LogP) is 0.149. The zero-order valence-corrected chi connectivity index (χ0v) is 11.4. The summed E-state index contributed by atoms with van der Waals surface area (Å²) in [5.41, 5.74) is -0.410. The third-order valence-corrected chi connectivity index (χ3v) is 2.72. The molecule has 0 aliphatic rings. The van der Waals surface area contributed by atoms with Crippen molar-refractivity contribution in [2.45, 2.75) is 45.4 Å². The van der Waals surface area contributed by atoms with Crippen LogP contribution in [0.1, 0.15) is 27.7 Å². The van der Waals surface area contributed by atoms with Crippen molar-refractivity contribution in [1.29, 1.82) is 0 Å². The van der Waals surface area contributed by atoms with E-state index in [1.807, 2.05) is 20.8 Å². The maximum atomic E-state index is 9.64. The summed E-state index contributed by atoms with van der Waals surface area (Å²) in [6.07, 6.45) is -1.05. The van der Waals surface area contributed by atoms with E-state index < -0.39 is 17.7 Å². The summed E-state index contributed by atoms with van der Waals surface area (Å²) in [6.45, 7) is 9.81. The lowest BCUT2D eigenvalue weighted by Crippen LogP contribution is -2.51. The molecule has 2 unspecified atom stereocenters. The quantitative estimate of drug-likeness (QED) is 0.481. The number of aliphatic hydroxyl groups is 2. The van der Waals surface area contributed by atoms with Crippen molar-refractivity contribution in [2.24, 2.45) is 0 Å². The first-order valence-electron chi connectivity index (χ1n) is 6.16. The van der Waals surface area contributed by atoms with Gasteiger partial charge in [-0.15, -0.1) is 0 Å². The first-order valence-corrected chi connectivity index (χ1v) is 6.16. The standard InChI is InChI=1S/C12H27NO4/c1-5-16-6-7-17-9-11(15)8-13-12(3,4)10(2)14/h10-11,13-15H,5-9H2,1-4H3. The summed E-state index contributed by atoms with van der Waals surface area (Å²) < 4.78 is 10.4. The Balaban J connectivity index is 3.56. The molecular formula is C12H27NO4.